The van der Waals surface area contributed by atoms with Crippen molar-refractivity contribution < 1.29 is 23.2 Å². The van der Waals surface area contributed by atoms with Crippen molar-refractivity contribution in [3.8, 4) is 11.5 Å². The van der Waals surface area contributed by atoms with Crippen LogP contribution in [0.5, 0.6) is 11.5 Å². The Labute approximate surface area is 173 Å². The van der Waals surface area contributed by atoms with Crippen molar-refractivity contribution in [1.82, 2.24) is 10.2 Å². The highest BCUT2D eigenvalue weighted by atomic mass is 35.5. The summed E-state index contributed by atoms with van der Waals surface area (Å²) < 4.78 is 32.6. The Morgan fingerprint density at radius 3 is 2.07 bits per heavy atom. The second-order valence-corrected chi connectivity index (χ2v) is 9.98. The average molecular weight is 445 g/mol. The fraction of sp³-hybridized carbons (Fsp3) is 0.278. The molecule has 2 rings (SSSR count). The molecule has 2 aromatic rings. The molecule has 0 aliphatic rings. The number of hydrogen-bond donors (Lipinski definition) is 3. The van der Waals surface area contributed by atoms with Crippen LogP contribution in [0.2, 0.25) is 5.02 Å². The molecule has 3 N–H and O–H groups in total. The van der Waals surface area contributed by atoms with Crippen molar-refractivity contribution in [3.63, 3.8) is 0 Å². The van der Waals surface area contributed by atoms with E-state index in [2.05, 4.69) is 4.72 Å². The molecule has 2 aromatic carbocycles. The number of benzene rings is 2. The molecule has 7 nitrogen and oxygen atoms in total. The van der Waals surface area contributed by atoms with Crippen LogP contribution in [0.25, 0.3) is 0 Å². The third kappa shape index (κ3) is 5.62. The normalized spacial score (nSPS) is 13.0. The van der Waals surface area contributed by atoms with Gasteiger partial charge in [0.05, 0.1) is 4.90 Å². The first-order valence-electron chi connectivity index (χ1n) is 8.14. The van der Waals surface area contributed by atoms with Crippen molar-refractivity contribution in [2.45, 2.75) is 29.5 Å². The maximum atomic E-state index is 12.7. The molecule has 0 fully saturated rings. The lowest BCUT2D eigenvalue weighted by Gasteiger charge is -2.31. The van der Waals surface area contributed by atoms with E-state index >= 15 is 0 Å². The predicted octanol–water partition coefficient (Wildman–Crippen LogP) is 3.43. The van der Waals surface area contributed by atoms with Crippen LogP contribution in [0.4, 0.5) is 0 Å². The monoisotopic (exact) mass is 444 g/mol. The summed E-state index contributed by atoms with van der Waals surface area (Å²) in [5, 5.41) is 9.53. The number of thioether (sulfide) groups is 1. The number of halogens is 1. The Morgan fingerprint density at radius 2 is 1.61 bits per heavy atom. The third-order valence-corrected chi connectivity index (χ3v) is 7.03. The molecule has 1 amide bonds. The van der Waals surface area contributed by atoms with Gasteiger partial charge in [0.1, 0.15) is 17.5 Å². The molecular formula is C18H21ClN2O5S2. The molecular weight excluding hydrogens is 424 g/mol. The van der Waals surface area contributed by atoms with E-state index in [4.69, 9.17) is 21.5 Å². The van der Waals surface area contributed by atoms with E-state index in [0.717, 1.165) is 0 Å². The van der Waals surface area contributed by atoms with Crippen LogP contribution < -0.4 is 14.9 Å². The number of hydrogen-bond acceptors (Lipinski definition) is 6. The fourth-order valence-corrected chi connectivity index (χ4v) is 4.19. The topological polar surface area (TPSA) is 105 Å². The minimum Gasteiger partial charge on any atom is -0.457 e. The van der Waals surface area contributed by atoms with Gasteiger partial charge in [-0.25, -0.2) is 13.9 Å². The SMILES string of the molecule is CSC(C)(C)[C@H](NS(=O)(=O)c1ccc(Oc2ccc(Cl)cc2)cc1)C(=O)NO. The highest BCUT2D eigenvalue weighted by Crippen LogP contribution is 2.28. The summed E-state index contributed by atoms with van der Waals surface area (Å²) in [5.41, 5.74) is 1.51. The Bertz CT molecular complexity index is 916. The molecule has 0 bridgehead atoms. The molecule has 0 aliphatic carbocycles. The Hall–Kier alpha value is -1.78. The molecule has 0 heterocycles. The van der Waals surface area contributed by atoms with Gasteiger partial charge in [-0.1, -0.05) is 11.6 Å². The van der Waals surface area contributed by atoms with Gasteiger partial charge in [0.25, 0.3) is 5.91 Å². The van der Waals surface area contributed by atoms with Crippen LogP contribution in [0.15, 0.2) is 53.4 Å². The summed E-state index contributed by atoms with van der Waals surface area (Å²) in [4.78, 5) is 11.9. The maximum absolute atomic E-state index is 12.7. The second-order valence-electron chi connectivity index (χ2n) is 6.37. The van der Waals surface area contributed by atoms with E-state index < -0.39 is 26.7 Å². The van der Waals surface area contributed by atoms with Crippen LogP contribution in [0.1, 0.15) is 13.8 Å². The zero-order chi connectivity index (χ0) is 20.9. The van der Waals surface area contributed by atoms with E-state index in [-0.39, 0.29) is 4.90 Å². The zero-order valence-electron chi connectivity index (χ0n) is 15.5. The molecule has 28 heavy (non-hydrogen) atoms. The Morgan fingerprint density at radius 1 is 1.11 bits per heavy atom. The molecule has 0 saturated heterocycles. The van der Waals surface area contributed by atoms with E-state index in [1.54, 1.807) is 44.4 Å². The van der Waals surface area contributed by atoms with Gasteiger partial charge in [-0.05, 0) is 68.6 Å². The van der Waals surface area contributed by atoms with Crippen molar-refractivity contribution in [1.29, 1.82) is 0 Å². The molecule has 1 atom stereocenters. The summed E-state index contributed by atoms with van der Waals surface area (Å²) >= 11 is 7.12. The van der Waals surface area contributed by atoms with Crippen LogP contribution >= 0.6 is 23.4 Å². The van der Waals surface area contributed by atoms with Gasteiger partial charge in [0.15, 0.2) is 0 Å². The van der Waals surface area contributed by atoms with Gasteiger partial charge in [-0.2, -0.15) is 16.5 Å². The van der Waals surface area contributed by atoms with Gasteiger partial charge in [-0.3, -0.25) is 10.0 Å². The van der Waals surface area contributed by atoms with Crippen molar-refractivity contribution >= 4 is 39.3 Å². The zero-order valence-corrected chi connectivity index (χ0v) is 17.9. The van der Waals surface area contributed by atoms with E-state index in [9.17, 15) is 13.2 Å². The molecule has 152 valence electrons. The maximum Gasteiger partial charge on any atom is 0.262 e. The molecule has 0 radical (unpaired) electrons. The predicted molar refractivity (Wildman–Crippen MR) is 110 cm³/mol. The quantitative estimate of drug-likeness (QED) is 0.425. The second kappa shape index (κ2) is 9.15. The first-order chi connectivity index (χ1) is 13.1. The number of amides is 1. The standard InChI is InChI=1S/C18H21ClN2O5S2/c1-18(2,27-3)16(17(22)20-23)21-28(24,25)15-10-8-14(9-11-15)26-13-6-4-12(19)5-7-13/h4-11,16,21,23H,1-3H3,(H,20,22)/t16-/m1/s1. The first-order valence-corrected chi connectivity index (χ1v) is 11.2. The van der Waals surface area contributed by atoms with Crippen LogP contribution in [-0.2, 0) is 14.8 Å². The van der Waals surface area contributed by atoms with Crippen LogP contribution in [-0.4, -0.2) is 36.6 Å². The first kappa shape index (κ1) is 22.5. The average Bonchev–Trinajstić information content (AvgIpc) is 2.67. The third-order valence-electron chi connectivity index (χ3n) is 4.05. The van der Waals surface area contributed by atoms with E-state index in [1.807, 2.05) is 0 Å². The largest absolute Gasteiger partial charge is 0.457 e. The number of ether oxygens (including phenoxy) is 1. The summed E-state index contributed by atoms with van der Waals surface area (Å²) in [6.45, 7) is 3.40. The Kier molecular flexibility index (Phi) is 7.35. The lowest BCUT2D eigenvalue weighted by atomic mass is 10.0. The lowest BCUT2D eigenvalue weighted by Crippen LogP contribution is -2.55. The number of rotatable bonds is 8. The van der Waals surface area contributed by atoms with Crippen LogP contribution in [0.3, 0.4) is 0 Å². The number of sulfonamides is 1. The van der Waals surface area contributed by atoms with Crippen molar-refractivity contribution in [2.75, 3.05) is 6.26 Å². The summed E-state index contributed by atoms with van der Waals surface area (Å²) in [7, 11) is -4.01. The summed E-state index contributed by atoms with van der Waals surface area (Å²) in [6, 6.07) is 11.3. The molecule has 0 spiro atoms. The number of carbonyl (C=O) groups excluding carboxylic acids is 1. The molecule has 0 saturated carbocycles. The highest BCUT2D eigenvalue weighted by molar-refractivity contribution is 8.00. The summed E-state index contributed by atoms with van der Waals surface area (Å²) in [6.07, 6.45) is 1.74. The van der Waals surface area contributed by atoms with Crippen molar-refractivity contribution in [2.24, 2.45) is 0 Å². The van der Waals surface area contributed by atoms with Crippen LogP contribution in [0, 0.1) is 0 Å². The van der Waals surface area contributed by atoms with Gasteiger partial charge in [-0.15, -0.1) is 0 Å². The van der Waals surface area contributed by atoms with Crippen molar-refractivity contribution in [3.05, 3.63) is 53.6 Å². The van der Waals surface area contributed by atoms with Gasteiger partial charge in [0.2, 0.25) is 10.0 Å². The van der Waals surface area contributed by atoms with E-state index in [0.29, 0.717) is 16.5 Å². The minimum absolute atomic E-state index is 0.0383. The molecule has 0 aromatic heterocycles. The smallest absolute Gasteiger partial charge is 0.262 e. The summed E-state index contributed by atoms with van der Waals surface area (Å²) in [5.74, 6) is 0.153. The fourth-order valence-electron chi connectivity index (χ4n) is 2.24. The molecule has 10 heteroatoms. The van der Waals surface area contributed by atoms with Gasteiger partial charge >= 0.3 is 0 Å². The Balaban J connectivity index is 2.20. The molecule has 0 aliphatic heterocycles. The van der Waals surface area contributed by atoms with Gasteiger partial charge in [0, 0.05) is 9.77 Å². The van der Waals surface area contributed by atoms with Gasteiger partial charge < -0.3 is 4.74 Å². The number of carbonyl (C=O) groups is 1. The minimum atomic E-state index is -4.01. The van der Waals surface area contributed by atoms with E-state index in [1.165, 1.54) is 41.5 Å². The number of nitrogens with one attached hydrogen (secondary N) is 2. The molecule has 0 unspecified atom stereocenters. The lowest BCUT2D eigenvalue weighted by molar-refractivity contribution is -0.131. The number of hydroxylamine groups is 1. The highest BCUT2D eigenvalue weighted by Gasteiger charge is 2.38.